The van der Waals surface area contributed by atoms with E-state index in [-0.39, 0.29) is 24.0 Å². The highest BCUT2D eigenvalue weighted by Crippen LogP contribution is 2.25. The van der Waals surface area contributed by atoms with Gasteiger partial charge in [-0.15, -0.1) is 24.0 Å². The maximum atomic E-state index is 13.4. The van der Waals surface area contributed by atoms with E-state index in [0.29, 0.717) is 11.8 Å². The van der Waals surface area contributed by atoms with Crippen molar-refractivity contribution in [1.82, 2.24) is 10.2 Å². The first-order chi connectivity index (χ1) is 12.1. The summed E-state index contributed by atoms with van der Waals surface area (Å²) in [6, 6.07) is 4.15. The van der Waals surface area contributed by atoms with Crippen molar-refractivity contribution in [3.8, 4) is 0 Å². The lowest BCUT2D eigenvalue weighted by Gasteiger charge is -2.34. The standard InChI is InChI=1S/C19H28F2N4.HI/c1-14-4-3-8-25(12-14)19(22-2)23-11-15-7-9-24(13-15)16-5-6-17(20)18(21)10-16;/h5-6,10,14-15H,3-4,7-9,11-13H2,1-2H3,(H,22,23);1H. The predicted molar refractivity (Wildman–Crippen MR) is 113 cm³/mol. The molecule has 3 rings (SSSR count). The number of piperidine rings is 1. The predicted octanol–water partition coefficient (Wildman–Crippen LogP) is 3.72. The van der Waals surface area contributed by atoms with Gasteiger partial charge in [0.15, 0.2) is 17.6 Å². The molecule has 2 unspecified atom stereocenters. The number of anilines is 1. The molecule has 2 aliphatic heterocycles. The van der Waals surface area contributed by atoms with E-state index in [1.54, 1.807) is 6.07 Å². The summed E-state index contributed by atoms with van der Waals surface area (Å²) in [7, 11) is 1.84. The zero-order chi connectivity index (χ0) is 17.8. The average molecular weight is 478 g/mol. The summed E-state index contributed by atoms with van der Waals surface area (Å²) in [5.74, 6) is 0.604. The molecule has 2 fully saturated rings. The first kappa shape index (κ1) is 21.2. The van der Waals surface area contributed by atoms with Gasteiger partial charge in [-0.3, -0.25) is 4.99 Å². The van der Waals surface area contributed by atoms with Gasteiger partial charge in [-0.1, -0.05) is 6.92 Å². The lowest BCUT2D eigenvalue weighted by Crippen LogP contribution is -2.47. The molecule has 0 spiro atoms. The Kier molecular flexibility index (Phi) is 7.91. The molecule has 146 valence electrons. The normalized spacial score (nSPS) is 23.8. The van der Waals surface area contributed by atoms with Crippen molar-refractivity contribution in [3.63, 3.8) is 0 Å². The Morgan fingerprint density at radius 2 is 2.00 bits per heavy atom. The van der Waals surface area contributed by atoms with Crippen LogP contribution in [0.15, 0.2) is 23.2 Å². The van der Waals surface area contributed by atoms with E-state index >= 15 is 0 Å². The van der Waals surface area contributed by atoms with Crippen molar-refractivity contribution in [3.05, 3.63) is 29.8 Å². The third-order valence-corrected chi connectivity index (χ3v) is 5.27. The Labute approximate surface area is 172 Å². The van der Waals surface area contributed by atoms with Crippen molar-refractivity contribution < 1.29 is 8.78 Å². The first-order valence-corrected chi connectivity index (χ1v) is 9.22. The molecule has 0 bridgehead atoms. The molecule has 2 aliphatic rings. The van der Waals surface area contributed by atoms with Crippen LogP contribution in [0.1, 0.15) is 26.2 Å². The van der Waals surface area contributed by atoms with Gasteiger partial charge in [-0.2, -0.15) is 0 Å². The fraction of sp³-hybridized carbons (Fsp3) is 0.632. The van der Waals surface area contributed by atoms with Crippen molar-refractivity contribution >= 4 is 35.6 Å². The smallest absolute Gasteiger partial charge is 0.193 e. The molecule has 0 radical (unpaired) electrons. The van der Waals surface area contributed by atoms with Gasteiger partial charge < -0.3 is 15.1 Å². The SMILES string of the molecule is CN=C(NCC1CCN(c2ccc(F)c(F)c2)C1)N1CCCC(C)C1.I. The fourth-order valence-electron chi connectivity index (χ4n) is 3.87. The molecule has 0 saturated carbocycles. The molecule has 2 atom stereocenters. The number of hydrogen-bond acceptors (Lipinski definition) is 2. The number of nitrogens with one attached hydrogen (secondary N) is 1. The van der Waals surface area contributed by atoms with Crippen LogP contribution in [0.5, 0.6) is 0 Å². The molecule has 1 aromatic rings. The minimum atomic E-state index is -0.791. The quantitative estimate of drug-likeness (QED) is 0.408. The Morgan fingerprint density at radius 1 is 1.19 bits per heavy atom. The third kappa shape index (κ3) is 5.20. The van der Waals surface area contributed by atoms with Crippen LogP contribution >= 0.6 is 24.0 Å². The maximum Gasteiger partial charge on any atom is 0.193 e. The van der Waals surface area contributed by atoms with E-state index in [0.717, 1.165) is 50.8 Å². The van der Waals surface area contributed by atoms with Gasteiger partial charge in [0.05, 0.1) is 0 Å². The molecular weight excluding hydrogens is 449 g/mol. The molecule has 0 aromatic heterocycles. The van der Waals surface area contributed by atoms with Crippen LogP contribution in [0, 0.1) is 23.5 Å². The second-order valence-electron chi connectivity index (χ2n) is 7.32. The van der Waals surface area contributed by atoms with E-state index in [4.69, 9.17) is 0 Å². The molecule has 26 heavy (non-hydrogen) atoms. The molecule has 0 aliphatic carbocycles. The van der Waals surface area contributed by atoms with Crippen LogP contribution in [0.4, 0.5) is 14.5 Å². The summed E-state index contributed by atoms with van der Waals surface area (Å²) >= 11 is 0. The number of aliphatic imine (C=N–C) groups is 1. The monoisotopic (exact) mass is 478 g/mol. The highest BCUT2D eigenvalue weighted by atomic mass is 127. The van der Waals surface area contributed by atoms with E-state index in [1.165, 1.54) is 25.0 Å². The summed E-state index contributed by atoms with van der Waals surface area (Å²) in [6.45, 7) is 7.00. The van der Waals surface area contributed by atoms with Gasteiger partial charge in [0.1, 0.15) is 0 Å². The second kappa shape index (κ2) is 9.71. The van der Waals surface area contributed by atoms with E-state index in [2.05, 4.69) is 27.0 Å². The Bertz CT molecular complexity index is 626. The van der Waals surface area contributed by atoms with E-state index in [9.17, 15) is 8.78 Å². The minimum absolute atomic E-state index is 0. The second-order valence-corrected chi connectivity index (χ2v) is 7.32. The number of guanidine groups is 1. The number of hydrogen-bond donors (Lipinski definition) is 1. The summed E-state index contributed by atoms with van der Waals surface area (Å²) in [5.41, 5.74) is 0.760. The number of halogens is 3. The van der Waals surface area contributed by atoms with Crippen molar-refractivity contribution in [2.24, 2.45) is 16.8 Å². The van der Waals surface area contributed by atoms with Gasteiger partial charge in [0.25, 0.3) is 0 Å². The molecule has 0 amide bonds. The Morgan fingerprint density at radius 3 is 2.69 bits per heavy atom. The maximum absolute atomic E-state index is 13.4. The number of likely N-dealkylation sites (tertiary alicyclic amines) is 1. The number of benzene rings is 1. The highest BCUT2D eigenvalue weighted by molar-refractivity contribution is 14.0. The third-order valence-electron chi connectivity index (χ3n) is 5.27. The molecule has 2 saturated heterocycles. The Balaban J connectivity index is 0.00000243. The van der Waals surface area contributed by atoms with Gasteiger partial charge in [0, 0.05) is 51.5 Å². The van der Waals surface area contributed by atoms with Crippen LogP contribution in [-0.2, 0) is 0 Å². The van der Waals surface area contributed by atoms with E-state index in [1.807, 2.05) is 7.05 Å². The average Bonchev–Trinajstić information content (AvgIpc) is 3.07. The highest BCUT2D eigenvalue weighted by Gasteiger charge is 2.25. The van der Waals surface area contributed by atoms with Crippen LogP contribution < -0.4 is 10.2 Å². The zero-order valence-electron chi connectivity index (χ0n) is 15.5. The van der Waals surface area contributed by atoms with Crippen LogP contribution in [0.2, 0.25) is 0 Å². The lowest BCUT2D eigenvalue weighted by atomic mass is 10.0. The topological polar surface area (TPSA) is 30.9 Å². The van der Waals surface area contributed by atoms with Crippen LogP contribution in [-0.4, -0.2) is 50.6 Å². The van der Waals surface area contributed by atoms with Crippen LogP contribution in [0.3, 0.4) is 0 Å². The fourth-order valence-corrected chi connectivity index (χ4v) is 3.87. The largest absolute Gasteiger partial charge is 0.371 e. The van der Waals surface area contributed by atoms with E-state index < -0.39 is 11.6 Å². The molecule has 4 nitrogen and oxygen atoms in total. The first-order valence-electron chi connectivity index (χ1n) is 9.22. The Hall–Kier alpha value is -1.12. The van der Waals surface area contributed by atoms with Gasteiger partial charge in [-0.05, 0) is 43.2 Å². The molecule has 2 heterocycles. The summed E-state index contributed by atoms with van der Waals surface area (Å²) in [4.78, 5) is 8.90. The minimum Gasteiger partial charge on any atom is -0.371 e. The van der Waals surface area contributed by atoms with Crippen molar-refractivity contribution in [2.75, 3.05) is 44.7 Å². The van der Waals surface area contributed by atoms with Crippen molar-refractivity contribution in [2.45, 2.75) is 26.2 Å². The summed E-state index contributed by atoms with van der Waals surface area (Å²) < 4.78 is 26.5. The van der Waals surface area contributed by atoms with Gasteiger partial charge in [-0.25, -0.2) is 8.78 Å². The summed E-state index contributed by atoms with van der Waals surface area (Å²) in [5, 5.41) is 3.51. The summed E-state index contributed by atoms with van der Waals surface area (Å²) in [6.07, 6.45) is 3.55. The zero-order valence-corrected chi connectivity index (χ0v) is 17.9. The van der Waals surface area contributed by atoms with Crippen molar-refractivity contribution in [1.29, 1.82) is 0 Å². The van der Waals surface area contributed by atoms with Gasteiger partial charge in [0.2, 0.25) is 0 Å². The lowest BCUT2D eigenvalue weighted by molar-refractivity contribution is 0.265. The molecule has 7 heteroatoms. The van der Waals surface area contributed by atoms with Gasteiger partial charge >= 0.3 is 0 Å². The molecule has 1 aromatic carbocycles. The van der Waals surface area contributed by atoms with Crippen LogP contribution in [0.25, 0.3) is 0 Å². The number of rotatable bonds is 3. The molecular formula is C19H29F2IN4. The number of nitrogens with zero attached hydrogens (tertiary/aromatic N) is 3. The molecule has 1 N–H and O–H groups in total.